The SMILES string of the molecule is CC.c1ccc(N(c2ccc(-c3ccc(-c4ccc(-c5ccc(-c6nc7ccccc7n6-c6ccccc6)cc5)cc4)cc3)cc2)c2cccc3ccccc23)cc1. The van der Waals surface area contributed by atoms with E-state index in [9.17, 15) is 0 Å². The second-order valence-corrected chi connectivity index (χ2v) is 14.0. The molecule has 10 aromatic rings. The van der Waals surface area contributed by atoms with E-state index in [4.69, 9.17) is 4.98 Å². The molecular weight excluding hydrogens is 703 g/mol. The van der Waals surface area contributed by atoms with Crippen LogP contribution >= 0.6 is 0 Å². The van der Waals surface area contributed by atoms with Crippen molar-refractivity contribution in [2.24, 2.45) is 0 Å². The van der Waals surface area contributed by atoms with E-state index < -0.39 is 0 Å². The highest BCUT2D eigenvalue weighted by molar-refractivity contribution is 5.99. The number of hydrogen-bond donors (Lipinski definition) is 0. The number of hydrogen-bond acceptors (Lipinski definition) is 2. The van der Waals surface area contributed by atoms with Crippen LogP contribution in [0.25, 0.3) is 72.3 Å². The first-order valence-electron chi connectivity index (χ1n) is 20.0. The van der Waals surface area contributed by atoms with Crippen molar-refractivity contribution < 1.29 is 0 Å². The molecule has 1 heterocycles. The lowest BCUT2D eigenvalue weighted by molar-refractivity contribution is 1.10. The van der Waals surface area contributed by atoms with Crippen molar-refractivity contribution in [1.82, 2.24) is 9.55 Å². The zero-order valence-electron chi connectivity index (χ0n) is 32.7. The Morgan fingerprint density at radius 2 is 0.793 bits per heavy atom. The topological polar surface area (TPSA) is 21.1 Å². The molecule has 278 valence electrons. The van der Waals surface area contributed by atoms with Crippen LogP contribution in [-0.4, -0.2) is 9.55 Å². The van der Waals surface area contributed by atoms with Gasteiger partial charge in [-0.15, -0.1) is 0 Å². The van der Waals surface area contributed by atoms with Crippen LogP contribution in [0.2, 0.25) is 0 Å². The minimum Gasteiger partial charge on any atom is -0.310 e. The molecule has 1 aromatic heterocycles. The van der Waals surface area contributed by atoms with Crippen LogP contribution in [0, 0.1) is 0 Å². The summed E-state index contributed by atoms with van der Waals surface area (Å²) in [7, 11) is 0. The number of para-hydroxylation sites is 4. The molecule has 0 saturated heterocycles. The third-order valence-corrected chi connectivity index (χ3v) is 10.6. The molecule has 0 aliphatic rings. The highest BCUT2D eigenvalue weighted by Crippen LogP contribution is 2.40. The summed E-state index contributed by atoms with van der Waals surface area (Å²) in [5.74, 6) is 0.939. The van der Waals surface area contributed by atoms with E-state index in [-0.39, 0.29) is 0 Å². The summed E-state index contributed by atoms with van der Waals surface area (Å²) in [5.41, 5.74) is 14.8. The molecule has 58 heavy (non-hydrogen) atoms. The lowest BCUT2D eigenvalue weighted by Gasteiger charge is -2.27. The fraction of sp³-hybridized carbons (Fsp3) is 0.0364. The van der Waals surface area contributed by atoms with Crippen molar-refractivity contribution in [2.75, 3.05) is 4.90 Å². The van der Waals surface area contributed by atoms with Crippen molar-refractivity contribution >= 4 is 38.9 Å². The summed E-state index contributed by atoms with van der Waals surface area (Å²) in [6.45, 7) is 4.00. The van der Waals surface area contributed by atoms with Crippen LogP contribution in [0.15, 0.2) is 224 Å². The molecule has 0 amide bonds. The molecule has 3 heteroatoms. The summed E-state index contributed by atoms with van der Waals surface area (Å²) < 4.78 is 2.24. The van der Waals surface area contributed by atoms with Gasteiger partial charge in [0.25, 0.3) is 0 Å². The van der Waals surface area contributed by atoms with E-state index in [1.54, 1.807) is 0 Å². The van der Waals surface area contributed by atoms with E-state index in [0.717, 1.165) is 45.2 Å². The fourth-order valence-electron chi connectivity index (χ4n) is 7.79. The van der Waals surface area contributed by atoms with Gasteiger partial charge in [-0.3, -0.25) is 4.57 Å². The van der Waals surface area contributed by atoms with Crippen LogP contribution in [-0.2, 0) is 0 Å². The van der Waals surface area contributed by atoms with Gasteiger partial charge in [-0.05, 0) is 93.4 Å². The van der Waals surface area contributed by atoms with Gasteiger partial charge in [0.2, 0.25) is 0 Å². The van der Waals surface area contributed by atoms with Gasteiger partial charge < -0.3 is 4.90 Å². The number of imidazole rings is 1. The second kappa shape index (κ2) is 16.3. The summed E-state index contributed by atoms with van der Waals surface area (Å²) in [6, 6.07) is 79.9. The van der Waals surface area contributed by atoms with Gasteiger partial charge in [0, 0.05) is 28.0 Å². The number of aromatic nitrogens is 2. The largest absolute Gasteiger partial charge is 0.310 e. The first-order valence-corrected chi connectivity index (χ1v) is 20.0. The van der Waals surface area contributed by atoms with Gasteiger partial charge in [-0.2, -0.15) is 0 Å². The summed E-state index contributed by atoms with van der Waals surface area (Å²) in [4.78, 5) is 7.38. The minimum atomic E-state index is 0.939. The Labute approximate surface area is 340 Å². The quantitative estimate of drug-likeness (QED) is 0.154. The Kier molecular flexibility index (Phi) is 10.2. The molecule has 9 aromatic carbocycles. The van der Waals surface area contributed by atoms with E-state index in [1.165, 1.54) is 44.2 Å². The second-order valence-electron chi connectivity index (χ2n) is 14.0. The molecule has 0 fully saturated rings. The minimum absolute atomic E-state index is 0.939. The van der Waals surface area contributed by atoms with Crippen molar-refractivity contribution in [3.63, 3.8) is 0 Å². The summed E-state index contributed by atoms with van der Waals surface area (Å²) >= 11 is 0. The smallest absolute Gasteiger partial charge is 0.145 e. The van der Waals surface area contributed by atoms with E-state index in [0.29, 0.717) is 0 Å². The molecule has 3 nitrogen and oxygen atoms in total. The van der Waals surface area contributed by atoms with Crippen LogP contribution in [0.3, 0.4) is 0 Å². The average molecular weight is 746 g/mol. The predicted molar refractivity (Wildman–Crippen MR) is 246 cm³/mol. The molecule has 0 saturated carbocycles. The van der Waals surface area contributed by atoms with Crippen LogP contribution in [0.4, 0.5) is 17.1 Å². The Morgan fingerprint density at radius 1 is 0.362 bits per heavy atom. The van der Waals surface area contributed by atoms with Crippen LogP contribution in [0.5, 0.6) is 0 Å². The highest BCUT2D eigenvalue weighted by Gasteiger charge is 2.16. The van der Waals surface area contributed by atoms with Crippen molar-refractivity contribution in [2.45, 2.75) is 13.8 Å². The molecular formula is C55H43N3. The average Bonchev–Trinajstić information content (AvgIpc) is 3.71. The monoisotopic (exact) mass is 745 g/mol. The molecule has 0 aliphatic carbocycles. The standard InChI is InChI=1S/C53H37N3.C2H6/c1-3-14-46(15-4-1)55(51-21-11-13-44-12-7-8-18-49(44)51)48-36-34-43(35-37-48)41-28-26-39(27-29-41)38-22-24-40(25-23-38)42-30-32-45(33-31-42)53-54-50-19-9-10-20-52(50)56(53)47-16-5-2-6-17-47;1-2/h1-37H;1-2H3. The number of rotatable bonds is 8. The molecule has 0 aliphatic heterocycles. The van der Waals surface area contributed by atoms with Crippen LogP contribution in [0.1, 0.15) is 13.8 Å². The third-order valence-electron chi connectivity index (χ3n) is 10.6. The number of anilines is 3. The summed E-state index contributed by atoms with van der Waals surface area (Å²) in [5, 5.41) is 2.45. The van der Waals surface area contributed by atoms with E-state index in [2.05, 4.69) is 222 Å². The maximum Gasteiger partial charge on any atom is 0.145 e. The number of benzene rings is 9. The first-order chi connectivity index (χ1) is 28.8. The fourth-order valence-corrected chi connectivity index (χ4v) is 7.79. The van der Waals surface area contributed by atoms with Gasteiger partial charge in [-0.25, -0.2) is 4.98 Å². The molecule has 0 bridgehead atoms. The predicted octanol–water partition coefficient (Wildman–Crippen LogP) is 15.3. The lowest BCUT2D eigenvalue weighted by atomic mass is 9.97. The normalized spacial score (nSPS) is 10.9. The molecule has 0 radical (unpaired) electrons. The summed E-state index contributed by atoms with van der Waals surface area (Å²) in [6.07, 6.45) is 0. The van der Waals surface area contributed by atoms with Crippen molar-refractivity contribution in [3.05, 3.63) is 224 Å². The Morgan fingerprint density at radius 3 is 1.38 bits per heavy atom. The molecule has 0 N–H and O–H groups in total. The Hall–Kier alpha value is -7.49. The van der Waals surface area contributed by atoms with Gasteiger partial charge in [0.1, 0.15) is 5.82 Å². The highest BCUT2D eigenvalue weighted by atomic mass is 15.1. The third kappa shape index (κ3) is 7.06. The van der Waals surface area contributed by atoms with Gasteiger partial charge in [0.15, 0.2) is 0 Å². The van der Waals surface area contributed by atoms with Crippen LogP contribution < -0.4 is 4.90 Å². The Bertz CT molecular complexity index is 2910. The molecule has 0 spiro atoms. The maximum absolute atomic E-state index is 5.04. The van der Waals surface area contributed by atoms with Gasteiger partial charge in [-0.1, -0.05) is 184 Å². The van der Waals surface area contributed by atoms with Crippen molar-refractivity contribution in [3.8, 4) is 50.5 Å². The first kappa shape index (κ1) is 36.2. The van der Waals surface area contributed by atoms with E-state index in [1.807, 2.05) is 26.0 Å². The Balaban J connectivity index is 0.00000215. The van der Waals surface area contributed by atoms with Gasteiger partial charge >= 0.3 is 0 Å². The molecule has 0 atom stereocenters. The lowest BCUT2D eigenvalue weighted by Crippen LogP contribution is -2.10. The molecule has 0 unspecified atom stereocenters. The van der Waals surface area contributed by atoms with E-state index >= 15 is 0 Å². The maximum atomic E-state index is 5.04. The zero-order valence-corrected chi connectivity index (χ0v) is 32.7. The number of nitrogens with zero attached hydrogens (tertiary/aromatic N) is 3. The zero-order chi connectivity index (χ0) is 39.3. The molecule has 10 rings (SSSR count). The van der Waals surface area contributed by atoms with Gasteiger partial charge in [0.05, 0.1) is 16.7 Å². The number of fused-ring (bicyclic) bond motifs is 2. The van der Waals surface area contributed by atoms with Crippen molar-refractivity contribution in [1.29, 1.82) is 0 Å².